The number of ether oxygens (including phenoxy) is 5. The molecule has 5 atom stereocenters. The monoisotopic (exact) mass is 1280 g/mol. The largest absolute Gasteiger partial charge is 0.502 e. The van der Waals surface area contributed by atoms with Crippen molar-refractivity contribution in [1.82, 2.24) is 28.7 Å². The molecule has 0 radical (unpaired) electrons. The molecule has 21 nitrogen and oxygen atoms in total. The van der Waals surface area contributed by atoms with Crippen molar-refractivity contribution in [2.45, 2.75) is 74.2 Å². The van der Waals surface area contributed by atoms with Crippen molar-refractivity contribution in [3.05, 3.63) is 214 Å². The fraction of sp³-hybridized carbons (Fsp3) is 0.333. The SMILES string of the molecule is C.C.C.COc1c2n(ccc1=O)N([C@@H]1c3ccccc3SCc3c1ccc(F)c3F)[C@@H]1COCCN1C2=O.COc1c2n(ccc1=O)N[C@@H]1COCCN1C2=O.O=C1c2c(O)c(=O)ccn2N([C@@H]2c3ccccc3SCc3c2ccc(F)c3F)[C@@H]2COCCN12. The molecule has 474 valence electrons. The highest BCUT2D eigenvalue weighted by atomic mass is 32.2. The number of methoxy groups -OCH3 is 2. The van der Waals surface area contributed by atoms with Gasteiger partial charge in [-0.25, -0.2) is 17.6 Å². The Hall–Kier alpha value is -8.76. The molecule has 3 fully saturated rings. The predicted molar refractivity (Wildman–Crippen MR) is 328 cm³/mol. The molecule has 27 heteroatoms. The van der Waals surface area contributed by atoms with Gasteiger partial charge in [0, 0.05) is 88.8 Å². The van der Waals surface area contributed by atoms with Gasteiger partial charge in [-0.15, -0.1) is 23.5 Å². The van der Waals surface area contributed by atoms with Crippen LogP contribution in [0.4, 0.5) is 17.6 Å². The lowest BCUT2D eigenvalue weighted by Crippen LogP contribution is -2.66. The first-order valence-corrected chi connectivity index (χ1v) is 29.6. The molecule has 2 N–H and O–H groups in total. The third-order valence-electron chi connectivity index (χ3n) is 16.4. The van der Waals surface area contributed by atoms with Gasteiger partial charge in [0.15, 0.2) is 57.6 Å². The Morgan fingerprint density at radius 1 is 0.511 bits per heavy atom. The highest BCUT2D eigenvalue weighted by Crippen LogP contribution is 2.47. The molecule has 0 aliphatic carbocycles. The number of carbonyl (C=O) groups is 3. The van der Waals surface area contributed by atoms with E-state index < -0.39 is 70.2 Å². The summed E-state index contributed by atoms with van der Waals surface area (Å²) < 4.78 is 90.6. The molecular weight excluding hydrogens is 1210 g/mol. The van der Waals surface area contributed by atoms with Crippen LogP contribution in [0, 0.1) is 23.3 Å². The Kier molecular flexibility index (Phi) is 18.5. The second kappa shape index (κ2) is 26.0. The van der Waals surface area contributed by atoms with Crippen molar-refractivity contribution in [3.8, 4) is 17.2 Å². The van der Waals surface area contributed by atoms with E-state index in [-0.39, 0.29) is 117 Å². The zero-order valence-corrected chi connectivity index (χ0v) is 48.0. The second-order valence-electron chi connectivity index (χ2n) is 21.0. The number of carbonyl (C=O) groups excluding carboxylic acids is 3. The molecule has 11 heterocycles. The van der Waals surface area contributed by atoms with Gasteiger partial charge in [0.2, 0.25) is 16.3 Å². The van der Waals surface area contributed by atoms with Gasteiger partial charge in [0.05, 0.1) is 65.9 Å². The number of nitrogens with zero attached hydrogens (tertiary/aromatic N) is 8. The minimum absolute atomic E-state index is 0. The fourth-order valence-electron chi connectivity index (χ4n) is 12.4. The van der Waals surface area contributed by atoms with E-state index in [2.05, 4.69) is 5.43 Å². The normalized spacial score (nSPS) is 20.6. The van der Waals surface area contributed by atoms with Gasteiger partial charge < -0.3 is 48.9 Å². The lowest BCUT2D eigenvalue weighted by molar-refractivity contribution is -0.0198. The molecular formula is C63H65F4N9O12S2. The van der Waals surface area contributed by atoms with Crippen molar-refractivity contribution in [1.29, 1.82) is 0 Å². The summed E-state index contributed by atoms with van der Waals surface area (Å²) >= 11 is 2.84. The molecule has 7 aromatic rings. The van der Waals surface area contributed by atoms with Crippen LogP contribution in [0.1, 0.15) is 99.2 Å². The third kappa shape index (κ3) is 10.7. The number of aromatic hydroxyl groups is 1. The number of nitrogens with one attached hydrogen (secondary N) is 1. The van der Waals surface area contributed by atoms with Crippen LogP contribution < -0.4 is 41.2 Å². The number of pyridine rings is 3. The Morgan fingerprint density at radius 3 is 1.47 bits per heavy atom. The molecule has 15 rings (SSSR count). The number of morpholine rings is 3. The number of fused-ring (bicyclic) bond motifs is 10. The van der Waals surface area contributed by atoms with Crippen LogP contribution in [0.2, 0.25) is 0 Å². The van der Waals surface area contributed by atoms with Gasteiger partial charge >= 0.3 is 0 Å². The predicted octanol–water partition coefficient (Wildman–Crippen LogP) is 7.38. The molecule has 3 saturated heterocycles. The summed E-state index contributed by atoms with van der Waals surface area (Å²) in [6, 6.07) is 23.3. The van der Waals surface area contributed by atoms with Crippen LogP contribution in [-0.4, -0.2) is 144 Å². The number of thioether (sulfide) groups is 2. The van der Waals surface area contributed by atoms with Crippen molar-refractivity contribution in [2.24, 2.45) is 0 Å². The molecule has 3 aromatic heterocycles. The van der Waals surface area contributed by atoms with Gasteiger partial charge in [-0.3, -0.25) is 52.8 Å². The average Bonchev–Trinajstić information content (AvgIpc) is 1.17. The van der Waals surface area contributed by atoms with Crippen LogP contribution in [-0.2, 0) is 25.7 Å². The highest BCUT2D eigenvalue weighted by molar-refractivity contribution is 7.98. The molecule has 0 spiro atoms. The summed E-state index contributed by atoms with van der Waals surface area (Å²) in [5.74, 6) is -4.82. The topological polar surface area (TPSA) is 212 Å². The first-order chi connectivity index (χ1) is 42.2. The summed E-state index contributed by atoms with van der Waals surface area (Å²) in [6.07, 6.45) is 3.15. The van der Waals surface area contributed by atoms with Crippen LogP contribution in [0.15, 0.2) is 134 Å². The average molecular weight is 1280 g/mol. The van der Waals surface area contributed by atoms with E-state index >= 15 is 8.78 Å². The van der Waals surface area contributed by atoms with Gasteiger partial charge in [-0.2, -0.15) is 0 Å². The van der Waals surface area contributed by atoms with Crippen molar-refractivity contribution < 1.29 is 60.7 Å². The Morgan fingerprint density at radius 2 is 0.944 bits per heavy atom. The maximum Gasteiger partial charge on any atom is 0.278 e. The van der Waals surface area contributed by atoms with E-state index in [0.29, 0.717) is 50.6 Å². The van der Waals surface area contributed by atoms with E-state index in [1.807, 2.05) is 58.5 Å². The van der Waals surface area contributed by atoms with Crippen molar-refractivity contribution >= 4 is 41.2 Å². The summed E-state index contributed by atoms with van der Waals surface area (Å²) in [6.45, 7) is 3.06. The molecule has 8 aliphatic heterocycles. The van der Waals surface area contributed by atoms with E-state index in [1.165, 1.54) is 83.9 Å². The first kappa shape index (κ1) is 64.2. The molecule has 3 amide bonds. The summed E-state index contributed by atoms with van der Waals surface area (Å²) in [4.78, 5) is 82.4. The van der Waals surface area contributed by atoms with Crippen molar-refractivity contribution in [3.63, 3.8) is 0 Å². The summed E-state index contributed by atoms with van der Waals surface area (Å²) in [5, 5.41) is 14.3. The molecule has 4 aromatic carbocycles. The fourth-order valence-corrected chi connectivity index (χ4v) is 14.7. The third-order valence-corrected chi connectivity index (χ3v) is 18.7. The zero-order valence-electron chi connectivity index (χ0n) is 46.4. The highest BCUT2D eigenvalue weighted by Gasteiger charge is 2.49. The smallest absolute Gasteiger partial charge is 0.278 e. The maximum absolute atomic E-state index is 15.1. The second-order valence-corrected chi connectivity index (χ2v) is 23.0. The van der Waals surface area contributed by atoms with Crippen LogP contribution in [0.25, 0.3) is 0 Å². The van der Waals surface area contributed by atoms with Crippen molar-refractivity contribution in [2.75, 3.05) is 88.9 Å². The van der Waals surface area contributed by atoms with E-state index in [9.17, 15) is 42.7 Å². The van der Waals surface area contributed by atoms with Crippen LogP contribution in [0.5, 0.6) is 17.2 Å². The standard InChI is InChI=1S/C25H21F2N3O4S.C24H19F2N3O4S.C11H13N3O4.3CH4/c1-33-24-18(31)8-9-29-23(24)25(32)28-10-11-34-12-20(28)30(29)22-14-6-7-17(26)21(27)16(14)13-35-19-5-3-2-4-15(19)22;25-16-6-5-13-15(20(16)26)12-34-18-4-2-1-3-14(18)21(13)29-19-11-33-10-9-27(19)24(32)22-23(31)17(30)7-8-28(22)29;1-17-10-7(15)2-3-14-9(10)11(16)13-4-5-18-6-8(13)12-14;;;/h2-9,20,22H,10-13H2,1H3;1-8,19,21,31H,9-12H2;2-3,8,12H,4-6H2,1H3;3*1H4/t20-,22+;19-,21+;8-;;;/m110.../s1. The maximum atomic E-state index is 15.1. The number of rotatable bonds is 4. The van der Waals surface area contributed by atoms with E-state index in [0.717, 1.165) is 33.1 Å². The Bertz CT molecular complexity index is 4160. The van der Waals surface area contributed by atoms with Gasteiger partial charge in [-0.1, -0.05) is 70.8 Å². The lowest BCUT2D eigenvalue weighted by atomic mass is 9.93. The molecule has 0 bridgehead atoms. The van der Waals surface area contributed by atoms with E-state index in [4.69, 9.17) is 23.7 Å². The van der Waals surface area contributed by atoms with Crippen LogP contribution in [0.3, 0.4) is 0 Å². The molecule has 8 aliphatic rings. The summed E-state index contributed by atoms with van der Waals surface area (Å²) in [5.41, 5.74) is 5.24. The number of amides is 3. The molecule has 0 unspecified atom stereocenters. The van der Waals surface area contributed by atoms with E-state index in [1.54, 1.807) is 31.5 Å². The zero-order chi connectivity index (χ0) is 60.5. The molecule has 0 saturated carbocycles. The Balaban J connectivity index is 0.000000153. The van der Waals surface area contributed by atoms with Gasteiger partial charge in [-0.05, 0) is 46.5 Å². The lowest BCUT2D eigenvalue weighted by Gasteiger charge is -2.51. The number of benzene rings is 4. The quantitative estimate of drug-likeness (QED) is 0.165. The van der Waals surface area contributed by atoms with Gasteiger partial charge in [0.1, 0.15) is 18.5 Å². The number of hydrogen-bond acceptors (Lipinski definition) is 17. The number of hydrogen-bond donors (Lipinski definition) is 2. The van der Waals surface area contributed by atoms with Crippen LogP contribution >= 0.6 is 23.5 Å². The Labute approximate surface area is 522 Å². The minimum atomic E-state index is -0.929. The minimum Gasteiger partial charge on any atom is -0.502 e. The number of aromatic nitrogens is 3. The number of halogens is 4. The summed E-state index contributed by atoms with van der Waals surface area (Å²) in [7, 11) is 2.74. The first-order valence-electron chi connectivity index (χ1n) is 27.6. The van der Waals surface area contributed by atoms with Gasteiger partial charge in [0.25, 0.3) is 17.7 Å². The molecule has 90 heavy (non-hydrogen) atoms.